The van der Waals surface area contributed by atoms with E-state index in [2.05, 4.69) is 17.2 Å². The van der Waals surface area contributed by atoms with Crippen molar-refractivity contribution in [1.82, 2.24) is 4.98 Å². The summed E-state index contributed by atoms with van der Waals surface area (Å²) in [5.41, 5.74) is 0.831. The molecule has 22 heavy (non-hydrogen) atoms. The summed E-state index contributed by atoms with van der Waals surface area (Å²) in [7, 11) is 0. The summed E-state index contributed by atoms with van der Waals surface area (Å²) >= 11 is 1.61. The second-order valence-corrected chi connectivity index (χ2v) is 5.66. The number of benzene rings is 1. The molecule has 0 atom stereocenters. The maximum Gasteiger partial charge on any atom is 0.205 e. The van der Waals surface area contributed by atoms with Crippen LogP contribution in [0.5, 0.6) is 17.2 Å². The summed E-state index contributed by atoms with van der Waals surface area (Å²) < 4.78 is 18.3. The molecule has 1 aromatic heterocycles. The Kier molecular flexibility index (Phi) is 6.12. The van der Waals surface area contributed by atoms with E-state index in [-0.39, 0.29) is 0 Å². The summed E-state index contributed by atoms with van der Waals surface area (Å²) in [6.07, 6.45) is 1.06. The number of nitrogens with one attached hydrogen (secondary N) is 1. The Morgan fingerprint density at radius 2 is 1.68 bits per heavy atom. The number of thiazole rings is 1. The number of nitrogens with zero attached hydrogens (tertiary/aromatic N) is 1. The van der Waals surface area contributed by atoms with Crippen molar-refractivity contribution in [3.8, 4) is 17.2 Å². The summed E-state index contributed by atoms with van der Waals surface area (Å²) in [5, 5.41) is 4.22. The first kappa shape index (κ1) is 16.7. The van der Waals surface area contributed by atoms with Crippen LogP contribution >= 0.6 is 11.3 Å². The van der Waals surface area contributed by atoms with Crippen LogP contribution in [0.1, 0.15) is 34.1 Å². The van der Waals surface area contributed by atoms with Crippen LogP contribution in [0.4, 0.5) is 5.13 Å². The molecule has 2 aromatic rings. The van der Waals surface area contributed by atoms with Gasteiger partial charge in [0.05, 0.1) is 24.5 Å². The third kappa shape index (κ3) is 3.55. The number of rotatable bonds is 9. The Hall–Kier alpha value is -1.69. The number of hydrogen-bond acceptors (Lipinski definition) is 6. The highest BCUT2D eigenvalue weighted by Crippen LogP contribution is 2.46. The topological polar surface area (TPSA) is 52.6 Å². The van der Waals surface area contributed by atoms with Gasteiger partial charge in [-0.3, -0.25) is 0 Å². The molecule has 0 unspecified atom stereocenters. The van der Waals surface area contributed by atoms with Crippen LogP contribution in [0.2, 0.25) is 0 Å². The third-order valence-corrected chi connectivity index (χ3v) is 3.92. The van der Waals surface area contributed by atoms with E-state index in [0.29, 0.717) is 37.1 Å². The quantitative estimate of drug-likeness (QED) is 0.744. The highest BCUT2D eigenvalue weighted by molar-refractivity contribution is 7.22. The van der Waals surface area contributed by atoms with E-state index in [4.69, 9.17) is 14.2 Å². The van der Waals surface area contributed by atoms with E-state index in [9.17, 15) is 0 Å². The van der Waals surface area contributed by atoms with E-state index in [1.807, 2.05) is 26.8 Å². The smallest absolute Gasteiger partial charge is 0.205 e. The van der Waals surface area contributed by atoms with E-state index in [1.54, 1.807) is 11.3 Å². The number of hydrogen-bond donors (Lipinski definition) is 1. The minimum atomic E-state index is 0.552. The standard InChI is InChI=1S/C16H24N2O3S/c1-5-9-17-16-18-13-12(22-16)10-11(19-6-2)14(20-7-3)15(13)21-8-4/h10H,5-9H2,1-4H3,(H,17,18). The predicted octanol–water partition coefficient (Wildman–Crippen LogP) is 4.31. The molecule has 0 aliphatic rings. The van der Waals surface area contributed by atoms with Gasteiger partial charge in [0.1, 0.15) is 5.52 Å². The minimum absolute atomic E-state index is 0.552. The predicted molar refractivity (Wildman–Crippen MR) is 91.9 cm³/mol. The van der Waals surface area contributed by atoms with Crippen molar-refractivity contribution in [2.45, 2.75) is 34.1 Å². The van der Waals surface area contributed by atoms with Crippen molar-refractivity contribution in [1.29, 1.82) is 0 Å². The summed E-state index contributed by atoms with van der Waals surface area (Å²) in [4.78, 5) is 4.66. The van der Waals surface area contributed by atoms with Gasteiger partial charge in [-0.05, 0) is 27.2 Å². The van der Waals surface area contributed by atoms with Crippen LogP contribution in [-0.4, -0.2) is 31.3 Å². The molecular weight excluding hydrogens is 300 g/mol. The molecule has 0 amide bonds. The first-order valence-corrected chi connectivity index (χ1v) is 8.66. The van der Waals surface area contributed by atoms with Gasteiger partial charge >= 0.3 is 0 Å². The Morgan fingerprint density at radius 1 is 1.00 bits per heavy atom. The van der Waals surface area contributed by atoms with Crippen LogP contribution in [-0.2, 0) is 0 Å². The van der Waals surface area contributed by atoms with Gasteiger partial charge in [0.2, 0.25) is 5.75 Å². The molecule has 0 spiro atoms. The van der Waals surface area contributed by atoms with E-state index < -0.39 is 0 Å². The first-order valence-electron chi connectivity index (χ1n) is 7.84. The molecule has 6 heteroatoms. The summed E-state index contributed by atoms with van der Waals surface area (Å²) in [5.74, 6) is 2.03. The molecule has 1 heterocycles. The van der Waals surface area contributed by atoms with Crippen molar-refractivity contribution < 1.29 is 14.2 Å². The van der Waals surface area contributed by atoms with Gasteiger partial charge in [-0.1, -0.05) is 18.3 Å². The lowest BCUT2D eigenvalue weighted by Crippen LogP contribution is -2.03. The Morgan fingerprint density at radius 3 is 2.32 bits per heavy atom. The van der Waals surface area contributed by atoms with Crippen LogP contribution in [0.3, 0.4) is 0 Å². The second kappa shape index (κ2) is 8.08. The molecule has 0 saturated carbocycles. The van der Waals surface area contributed by atoms with Gasteiger partial charge in [0.15, 0.2) is 16.6 Å². The van der Waals surface area contributed by atoms with E-state index >= 15 is 0 Å². The van der Waals surface area contributed by atoms with Crippen molar-refractivity contribution in [3.05, 3.63) is 6.07 Å². The number of fused-ring (bicyclic) bond motifs is 1. The minimum Gasteiger partial charge on any atom is -0.490 e. The lowest BCUT2D eigenvalue weighted by atomic mass is 10.2. The summed E-state index contributed by atoms with van der Waals surface area (Å²) in [6.45, 7) is 10.6. The fourth-order valence-electron chi connectivity index (χ4n) is 2.13. The van der Waals surface area contributed by atoms with Gasteiger partial charge in [-0.2, -0.15) is 0 Å². The molecule has 0 aliphatic heterocycles. The van der Waals surface area contributed by atoms with E-state index in [0.717, 1.165) is 28.3 Å². The van der Waals surface area contributed by atoms with Crippen LogP contribution in [0.15, 0.2) is 6.07 Å². The van der Waals surface area contributed by atoms with Crippen LogP contribution < -0.4 is 19.5 Å². The molecule has 0 aliphatic carbocycles. The zero-order chi connectivity index (χ0) is 15.9. The van der Waals surface area contributed by atoms with Gasteiger partial charge in [-0.25, -0.2) is 4.98 Å². The van der Waals surface area contributed by atoms with Gasteiger partial charge in [0, 0.05) is 12.6 Å². The average molecular weight is 324 g/mol. The highest BCUT2D eigenvalue weighted by Gasteiger charge is 2.20. The van der Waals surface area contributed by atoms with Crippen LogP contribution in [0, 0.1) is 0 Å². The zero-order valence-corrected chi connectivity index (χ0v) is 14.5. The Labute approximate surface area is 135 Å². The molecular formula is C16H24N2O3S. The normalized spacial score (nSPS) is 10.7. The van der Waals surface area contributed by atoms with Gasteiger partial charge < -0.3 is 19.5 Å². The number of aromatic nitrogens is 1. The van der Waals surface area contributed by atoms with Crippen molar-refractivity contribution in [2.75, 3.05) is 31.7 Å². The van der Waals surface area contributed by atoms with Crippen molar-refractivity contribution in [3.63, 3.8) is 0 Å². The van der Waals surface area contributed by atoms with Gasteiger partial charge in [-0.15, -0.1) is 0 Å². The van der Waals surface area contributed by atoms with Crippen molar-refractivity contribution in [2.24, 2.45) is 0 Å². The molecule has 0 fully saturated rings. The maximum absolute atomic E-state index is 5.82. The number of anilines is 1. The molecule has 122 valence electrons. The van der Waals surface area contributed by atoms with Crippen LogP contribution in [0.25, 0.3) is 10.2 Å². The lowest BCUT2D eigenvalue weighted by Gasteiger charge is -2.15. The van der Waals surface area contributed by atoms with Crippen molar-refractivity contribution >= 4 is 26.7 Å². The molecule has 0 radical (unpaired) electrons. The summed E-state index contributed by atoms with van der Waals surface area (Å²) in [6, 6.07) is 1.99. The van der Waals surface area contributed by atoms with E-state index in [1.165, 1.54) is 0 Å². The molecule has 5 nitrogen and oxygen atoms in total. The first-order chi connectivity index (χ1) is 10.7. The fraction of sp³-hybridized carbons (Fsp3) is 0.562. The number of ether oxygens (including phenoxy) is 3. The molecule has 0 bridgehead atoms. The average Bonchev–Trinajstić information content (AvgIpc) is 2.91. The zero-order valence-electron chi connectivity index (χ0n) is 13.7. The lowest BCUT2D eigenvalue weighted by molar-refractivity contribution is 0.263. The SMILES string of the molecule is CCCNc1nc2c(OCC)c(OCC)c(OCC)cc2s1. The third-order valence-electron chi connectivity index (χ3n) is 2.96. The monoisotopic (exact) mass is 324 g/mol. The Balaban J connectivity index is 2.55. The van der Waals surface area contributed by atoms with Gasteiger partial charge in [0.25, 0.3) is 0 Å². The molecule has 1 aromatic carbocycles. The fourth-order valence-corrected chi connectivity index (χ4v) is 3.05. The second-order valence-electron chi connectivity index (χ2n) is 4.62. The molecule has 0 saturated heterocycles. The molecule has 1 N–H and O–H groups in total. The Bertz CT molecular complexity index is 613. The largest absolute Gasteiger partial charge is 0.490 e. The maximum atomic E-state index is 5.82. The molecule has 2 rings (SSSR count). The highest BCUT2D eigenvalue weighted by atomic mass is 32.1.